The average molecular weight is 630 g/mol. The van der Waals surface area contributed by atoms with Gasteiger partial charge in [0.15, 0.2) is 0 Å². The summed E-state index contributed by atoms with van der Waals surface area (Å²) in [7, 11) is -1.77. The molecule has 0 spiro atoms. The standard InChI is InChI=1S/C22H22Si.2C6H5FO.Zr/c1-15-13-17-9-5-7-11-19(17)21(15)23(3,4)22-16(2)14-18-10-6-8-12-20(18)22;2*7-5-1-3-6(8)4-2-5;/h5-14H,1-4H3;2*1-4,8H;/q-2;;;+2. The van der Waals surface area contributed by atoms with Crippen molar-refractivity contribution in [2.75, 3.05) is 0 Å². The van der Waals surface area contributed by atoms with Crippen LogP contribution in [0.5, 0.6) is 11.5 Å². The summed E-state index contributed by atoms with van der Waals surface area (Å²) in [6.07, 6.45) is 0. The summed E-state index contributed by atoms with van der Waals surface area (Å²) in [5.41, 5.74) is 2.90. The molecule has 6 rings (SSSR count). The molecule has 0 heterocycles. The summed E-state index contributed by atoms with van der Waals surface area (Å²) in [6, 6.07) is 32.5. The van der Waals surface area contributed by atoms with Crippen LogP contribution in [-0.4, -0.2) is 18.3 Å². The van der Waals surface area contributed by atoms with Crippen molar-refractivity contribution in [3.8, 4) is 11.5 Å². The molecule has 0 radical (unpaired) electrons. The van der Waals surface area contributed by atoms with Gasteiger partial charge in [0.25, 0.3) is 0 Å². The zero-order valence-corrected chi connectivity index (χ0v) is 26.5. The van der Waals surface area contributed by atoms with Gasteiger partial charge in [-0.1, -0.05) is 39.1 Å². The fourth-order valence-electron chi connectivity index (χ4n) is 5.40. The number of phenolic OH excluding ortho intramolecular Hbond substituents is 2. The molecule has 0 bridgehead atoms. The number of hydrogen-bond donors (Lipinski definition) is 2. The Hall–Kier alpha value is -3.34. The van der Waals surface area contributed by atoms with Gasteiger partial charge in [-0.3, -0.25) is 0 Å². The summed E-state index contributed by atoms with van der Waals surface area (Å²) in [5.74, 6) is -0.483. The van der Waals surface area contributed by atoms with E-state index in [4.69, 9.17) is 10.2 Å². The maximum atomic E-state index is 12.0. The number of aryl methyl sites for hydroxylation is 2. The van der Waals surface area contributed by atoms with Crippen molar-refractivity contribution in [2.45, 2.75) is 26.9 Å². The van der Waals surface area contributed by atoms with E-state index in [0.29, 0.717) is 0 Å². The number of fused-ring (bicyclic) bond motifs is 2. The molecule has 6 aromatic rings. The summed E-state index contributed by atoms with van der Waals surface area (Å²) in [4.78, 5) is 0. The van der Waals surface area contributed by atoms with E-state index in [1.165, 1.54) is 81.2 Å². The smallest absolute Gasteiger partial charge is 0.508 e. The summed E-state index contributed by atoms with van der Waals surface area (Å²) in [6.45, 7) is 9.59. The van der Waals surface area contributed by atoms with Gasteiger partial charge in [-0.15, -0.1) is 81.2 Å². The minimum absolute atomic E-state index is 0. The second kappa shape index (κ2) is 13.3. The van der Waals surface area contributed by atoms with E-state index in [1.54, 1.807) is 10.4 Å². The van der Waals surface area contributed by atoms with Crippen molar-refractivity contribution in [1.29, 1.82) is 0 Å². The van der Waals surface area contributed by atoms with Crippen LogP contribution in [0, 0.1) is 25.5 Å². The molecule has 6 aromatic carbocycles. The number of hydrogen-bond acceptors (Lipinski definition) is 2. The number of rotatable bonds is 2. The minimum Gasteiger partial charge on any atom is -0.508 e. The monoisotopic (exact) mass is 628 g/mol. The van der Waals surface area contributed by atoms with E-state index in [-0.39, 0.29) is 49.3 Å². The molecule has 2 N–H and O–H groups in total. The van der Waals surface area contributed by atoms with Crippen LogP contribution in [-0.2, 0) is 26.2 Å². The Morgan fingerprint density at radius 2 is 0.875 bits per heavy atom. The molecule has 0 aliphatic rings. The van der Waals surface area contributed by atoms with Crippen LogP contribution in [0.3, 0.4) is 0 Å². The van der Waals surface area contributed by atoms with Gasteiger partial charge in [0.1, 0.15) is 23.1 Å². The SMILES string of the molecule is Cc1[cH-]c2ccccc2c1[Si](C)(C)c1c(C)[cH-]c2ccccc12.Oc1ccc(F)cc1.Oc1ccc(F)cc1.[Zr+2]. The van der Waals surface area contributed by atoms with Gasteiger partial charge in [0, 0.05) is 8.07 Å². The topological polar surface area (TPSA) is 40.5 Å². The number of benzene rings is 4. The van der Waals surface area contributed by atoms with Crippen molar-refractivity contribution in [1.82, 2.24) is 0 Å². The first kappa shape index (κ1) is 31.2. The molecule has 0 atom stereocenters. The van der Waals surface area contributed by atoms with E-state index < -0.39 is 8.07 Å². The Morgan fingerprint density at radius 3 is 1.20 bits per heavy atom. The molecule has 0 aliphatic heterocycles. The third-order valence-electron chi connectivity index (χ3n) is 6.90. The van der Waals surface area contributed by atoms with Crippen molar-refractivity contribution in [3.63, 3.8) is 0 Å². The Bertz CT molecular complexity index is 1520. The molecule has 0 aromatic heterocycles. The van der Waals surface area contributed by atoms with Crippen LogP contribution in [0.2, 0.25) is 13.1 Å². The second-order valence-electron chi connectivity index (χ2n) is 10.2. The number of phenols is 2. The molecule has 0 amide bonds. The Morgan fingerprint density at radius 1 is 0.550 bits per heavy atom. The predicted molar refractivity (Wildman–Crippen MR) is 161 cm³/mol. The third-order valence-corrected chi connectivity index (χ3v) is 10.7. The van der Waals surface area contributed by atoms with Gasteiger partial charge >= 0.3 is 26.2 Å². The summed E-state index contributed by atoms with van der Waals surface area (Å²) >= 11 is 0. The molecule has 0 aliphatic carbocycles. The summed E-state index contributed by atoms with van der Waals surface area (Å²) in [5, 5.41) is 26.1. The zero-order chi connectivity index (χ0) is 28.2. The zero-order valence-electron chi connectivity index (χ0n) is 23.0. The Kier molecular flexibility index (Phi) is 10.4. The van der Waals surface area contributed by atoms with E-state index in [1.807, 2.05) is 0 Å². The predicted octanol–water partition coefficient (Wildman–Crippen LogP) is 7.93. The van der Waals surface area contributed by atoms with Gasteiger partial charge < -0.3 is 10.2 Å². The fourth-order valence-corrected chi connectivity index (χ4v) is 9.57. The van der Waals surface area contributed by atoms with Crippen molar-refractivity contribution in [3.05, 3.63) is 132 Å². The molecular weight excluding hydrogens is 598 g/mol. The molecule has 0 saturated carbocycles. The van der Waals surface area contributed by atoms with Crippen LogP contribution in [0.15, 0.2) is 109 Å². The van der Waals surface area contributed by atoms with E-state index >= 15 is 0 Å². The van der Waals surface area contributed by atoms with Gasteiger partial charge in [-0.25, -0.2) is 8.78 Å². The fraction of sp³-hybridized carbons (Fsp3) is 0.118. The maximum absolute atomic E-state index is 12.0. The first-order valence-electron chi connectivity index (χ1n) is 12.8. The van der Waals surface area contributed by atoms with E-state index in [2.05, 4.69) is 87.6 Å². The Balaban J connectivity index is 0.000000213. The van der Waals surface area contributed by atoms with Gasteiger partial charge in [0.05, 0.1) is 0 Å². The van der Waals surface area contributed by atoms with Gasteiger partial charge in [-0.2, -0.15) is 10.4 Å². The van der Waals surface area contributed by atoms with E-state index in [0.717, 1.165) is 0 Å². The minimum atomic E-state index is -1.77. The normalized spacial score (nSPS) is 10.8. The largest absolute Gasteiger partial charge is 2.00 e. The number of aromatic hydroxyl groups is 2. The van der Waals surface area contributed by atoms with Crippen LogP contribution >= 0.6 is 0 Å². The quantitative estimate of drug-likeness (QED) is 0.151. The maximum Gasteiger partial charge on any atom is 2.00 e. The Labute approximate surface area is 254 Å². The number of halogens is 2. The molecule has 40 heavy (non-hydrogen) atoms. The molecule has 0 unspecified atom stereocenters. The van der Waals surface area contributed by atoms with Gasteiger partial charge in [0.2, 0.25) is 0 Å². The molecule has 6 heteroatoms. The van der Waals surface area contributed by atoms with Crippen molar-refractivity contribution < 1.29 is 45.2 Å². The van der Waals surface area contributed by atoms with Crippen LogP contribution < -0.4 is 10.4 Å². The second-order valence-corrected chi connectivity index (χ2v) is 14.4. The van der Waals surface area contributed by atoms with Crippen LogP contribution in [0.1, 0.15) is 11.1 Å². The average Bonchev–Trinajstić information content (AvgIpc) is 3.44. The van der Waals surface area contributed by atoms with Crippen molar-refractivity contribution >= 4 is 40.0 Å². The molecule has 2 nitrogen and oxygen atoms in total. The van der Waals surface area contributed by atoms with Gasteiger partial charge in [-0.05, 0) is 48.5 Å². The van der Waals surface area contributed by atoms with E-state index in [9.17, 15) is 8.78 Å². The molecule has 0 saturated heterocycles. The van der Waals surface area contributed by atoms with Crippen molar-refractivity contribution in [2.24, 2.45) is 0 Å². The molecule has 202 valence electrons. The summed E-state index contributed by atoms with van der Waals surface area (Å²) < 4.78 is 24.0. The molecular formula is C34H32F2O2SiZr. The third kappa shape index (κ3) is 7.04. The first-order chi connectivity index (χ1) is 18.6. The van der Waals surface area contributed by atoms with Crippen LogP contribution in [0.25, 0.3) is 21.5 Å². The molecule has 0 fully saturated rings. The van der Waals surface area contributed by atoms with Crippen LogP contribution in [0.4, 0.5) is 8.78 Å². The first-order valence-corrected chi connectivity index (χ1v) is 15.8.